The van der Waals surface area contributed by atoms with E-state index >= 15 is 0 Å². The molecule has 106 valence electrons. The van der Waals surface area contributed by atoms with Crippen LogP contribution in [0.25, 0.3) is 5.69 Å². The Morgan fingerprint density at radius 1 is 1.05 bits per heavy atom. The highest BCUT2D eigenvalue weighted by molar-refractivity contribution is 5.38. The van der Waals surface area contributed by atoms with Crippen LogP contribution in [-0.4, -0.2) is 15.0 Å². The van der Waals surface area contributed by atoms with Crippen LogP contribution in [0.15, 0.2) is 60.8 Å². The summed E-state index contributed by atoms with van der Waals surface area (Å²) in [6.45, 7) is 2.14. The van der Waals surface area contributed by atoms with Crippen LogP contribution in [0.5, 0.6) is 0 Å². The van der Waals surface area contributed by atoms with E-state index in [1.807, 2.05) is 42.5 Å². The highest BCUT2D eigenvalue weighted by Gasteiger charge is 2.18. The summed E-state index contributed by atoms with van der Waals surface area (Å²) >= 11 is 0. The summed E-state index contributed by atoms with van der Waals surface area (Å²) < 4.78 is 1.80. The Kier molecular flexibility index (Phi) is 3.79. The summed E-state index contributed by atoms with van der Waals surface area (Å²) in [6.07, 6.45) is 2.70. The van der Waals surface area contributed by atoms with Gasteiger partial charge in [0.1, 0.15) is 0 Å². The number of nitrogens with two attached hydrogens (primary N) is 1. The van der Waals surface area contributed by atoms with Gasteiger partial charge in [-0.1, -0.05) is 54.6 Å². The highest BCUT2D eigenvalue weighted by Crippen LogP contribution is 2.24. The van der Waals surface area contributed by atoms with Gasteiger partial charge in [0, 0.05) is 0 Å². The topological polar surface area (TPSA) is 56.7 Å². The van der Waals surface area contributed by atoms with Crippen LogP contribution >= 0.6 is 0 Å². The third-order valence-corrected chi connectivity index (χ3v) is 3.67. The summed E-state index contributed by atoms with van der Waals surface area (Å²) in [5.41, 5.74) is 10.7. The van der Waals surface area contributed by atoms with Crippen LogP contribution in [0, 0.1) is 0 Å². The maximum Gasteiger partial charge on any atom is 0.0858 e. The monoisotopic (exact) mass is 278 g/mol. The van der Waals surface area contributed by atoms with Crippen molar-refractivity contribution in [2.24, 2.45) is 5.73 Å². The van der Waals surface area contributed by atoms with Crippen LogP contribution in [-0.2, 0) is 6.42 Å². The van der Waals surface area contributed by atoms with Crippen LogP contribution in [0.2, 0.25) is 0 Å². The minimum atomic E-state index is -0.239. The molecule has 0 aliphatic carbocycles. The van der Waals surface area contributed by atoms with Gasteiger partial charge in [0.2, 0.25) is 0 Å². The zero-order valence-electron chi connectivity index (χ0n) is 12.0. The van der Waals surface area contributed by atoms with Crippen molar-refractivity contribution in [3.63, 3.8) is 0 Å². The van der Waals surface area contributed by atoms with Crippen molar-refractivity contribution < 1.29 is 0 Å². The first-order valence-electron chi connectivity index (χ1n) is 7.10. The molecular formula is C17H18N4. The number of aromatic nitrogens is 3. The largest absolute Gasteiger partial charge is 0.319 e. The Hall–Kier alpha value is -2.46. The Balaban J connectivity index is 2.04. The lowest BCUT2D eigenvalue weighted by Crippen LogP contribution is -2.18. The average Bonchev–Trinajstić information content (AvgIpc) is 3.04. The molecule has 0 spiro atoms. The zero-order valence-corrected chi connectivity index (χ0v) is 12.0. The molecule has 0 saturated heterocycles. The fourth-order valence-corrected chi connectivity index (χ4v) is 2.54. The second kappa shape index (κ2) is 5.89. The number of nitrogens with zero attached hydrogens (tertiary/aromatic N) is 3. The summed E-state index contributed by atoms with van der Waals surface area (Å²) in [5, 5.41) is 8.21. The van der Waals surface area contributed by atoms with Gasteiger partial charge < -0.3 is 5.73 Å². The van der Waals surface area contributed by atoms with Gasteiger partial charge >= 0.3 is 0 Å². The van der Waals surface area contributed by atoms with E-state index < -0.39 is 0 Å². The fraction of sp³-hybridized carbons (Fsp3) is 0.176. The van der Waals surface area contributed by atoms with Crippen LogP contribution in [0.3, 0.4) is 0 Å². The Morgan fingerprint density at radius 3 is 2.52 bits per heavy atom. The molecular weight excluding hydrogens is 260 g/mol. The van der Waals surface area contributed by atoms with Gasteiger partial charge in [-0.05, 0) is 29.7 Å². The Morgan fingerprint density at radius 2 is 1.76 bits per heavy atom. The maximum atomic E-state index is 6.47. The molecule has 3 aromatic rings. The van der Waals surface area contributed by atoms with E-state index in [-0.39, 0.29) is 6.04 Å². The van der Waals surface area contributed by atoms with E-state index in [1.165, 1.54) is 5.56 Å². The van der Waals surface area contributed by atoms with Crippen molar-refractivity contribution in [1.82, 2.24) is 15.0 Å². The van der Waals surface area contributed by atoms with Gasteiger partial charge in [-0.15, -0.1) is 5.10 Å². The predicted octanol–water partition coefficient (Wildman–Crippen LogP) is 2.88. The summed E-state index contributed by atoms with van der Waals surface area (Å²) in [5.74, 6) is 0. The third kappa shape index (κ3) is 2.58. The van der Waals surface area contributed by atoms with E-state index in [9.17, 15) is 0 Å². The molecule has 0 aliphatic heterocycles. The molecule has 0 fully saturated rings. The first kappa shape index (κ1) is 13.5. The van der Waals surface area contributed by atoms with Crippen LogP contribution in [0.1, 0.15) is 29.8 Å². The van der Waals surface area contributed by atoms with Crippen molar-refractivity contribution in [2.45, 2.75) is 19.4 Å². The second-order valence-electron chi connectivity index (χ2n) is 4.94. The molecule has 1 unspecified atom stereocenters. The van der Waals surface area contributed by atoms with Gasteiger partial charge in [0.25, 0.3) is 0 Å². The smallest absolute Gasteiger partial charge is 0.0858 e. The minimum Gasteiger partial charge on any atom is -0.319 e. The molecule has 21 heavy (non-hydrogen) atoms. The van der Waals surface area contributed by atoms with E-state index in [0.29, 0.717) is 0 Å². The molecule has 0 aliphatic rings. The van der Waals surface area contributed by atoms with Crippen molar-refractivity contribution in [3.05, 3.63) is 77.6 Å². The fourth-order valence-electron chi connectivity index (χ4n) is 2.54. The second-order valence-corrected chi connectivity index (χ2v) is 4.94. The summed E-state index contributed by atoms with van der Waals surface area (Å²) in [4.78, 5) is 0. The third-order valence-electron chi connectivity index (χ3n) is 3.67. The number of para-hydroxylation sites is 1. The number of hydrogen-bond acceptors (Lipinski definition) is 3. The van der Waals surface area contributed by atoms with Gasteiger partial charge in [0.15, 0.2) is 0 Å². The Labute approximate surface area is 124 Å². The van der Waals surface area contributed by atoms with Crippen molar-refractivity contribution in [1.29, 1.82) is 0 Å². The number of rotatable bonds is 4. The molecule has 0 radical (unpaired) electrons. The molecule has 0 saturated carbocycles. The first-order valence-corrected chi connectivity index (χ1v) is 7.10. The minimum absolute atomic E-state index is 0.239. The summed E-state index contributed by atoms with van der Waals surface area (Å²) in [6, 6.07) is 17.9. The predicted molar refractivity (Wildman–Crippen MR) is 83.2 cm³/mol. The lowest BCUT2D eigenvalue weighted by Gasteiger charge is -2.16. The van der Waals surface area contributed by atoms with E-state index in [1.54, 1.807) is 10.9 Å². The molecule has 2 N–H and O–H groups in total. The summed E-state index contributed by atoms with van der Waals surface area (Å²) in [7, 11) is 0. The van der Waals surface area contributed by atoms with E-state index in [4.69, 9.17) is 5.73 Å². The number of hydrogen-bond donors (Lipinski definition) is 1. The zero-order chi connectivity index (χ0) is 14.7. The molecule has 2 aromatic carbocycles. The molecule has 4 nitrogen and oxygen atoms in total. The normalized spacial score (nSPS) is 12.3. The number of benzene rings is 2. The van der Waals surface area contributed by atoms with Crippen LogP contribution < -0.4 is 5.73 Å². The van der Waals surface area contributed by atoms with E-state index in [2.05, 4.69) is 29.4 Å². The van der Waals surface area contributed by atoms with Gasteiger partial charge in [-0.2, -0.15) is 0 Å². The van der Waals surface area contributed by atoms with Crippen molar-refractivity contribution in [2.75, 3.05) is 0 Å². The lowest BCUT2D eigenvalue weighted by molar-refractivity contribution is 0.715. The first-order chi connectivity index (χ1) is 10.3. The quantitative estimate of drug-likeness (QED) is 0.798. The molecule has 1 heterocycles. The van der Waals surface area contributed by atoms with E-state index in [0.717, 1.165) is 23.4 Å². The molecule has 1 aromatic heterocycles. The standard InChI is InChI=1S/C17H18N4/c1-2-13-8-6-7-11-15(13)17(18)16-12-19-20-21(16)14-9-4-3-5-10-14/h3-12,17H,2,18H2,1H3. The Bertz CT molecular complexity index is 718. The van der Waals surface area contributed by atoms with Gasteiger partial charge in [-0.25, -0.2) is 4.68 Å². The maximum absolute atomic E-state index is 6.47. The SMILES string of the molecule is CCc1ccccc1C(N)c1cnnn1-c1ccccc1. The van der Waals surface area contributed by atoms with Crippen LogP contribution in [0.4, 0.5) is 0 Å². The average molecular weight is 278 g/mol. The van der Waals surface area contributed by atoms with Crippen molar-refractivity contribution in [3.8, 4) is 5.69 Å². The number of aryl methyl sites for hydroxylation is 1. The highest BCUT2D eigenvalue weighted by atomic mass is 15.4. The van der Waals surface area contributed by atoms with Gasteiger partial charge in [0.05, 0.1) is 23.6 Å². The molecule has 1 atom stereocenters. The van der Waals surface area contributed by atoms with Gasteiger partial charge in [-0.3, -0.25) is 0 Å². The molecule has 0 amide bonds. The molecule has 4 heteroatoms. The molecule has 0 bridgehead atoms. The van der Waals surface area contributed by atoms with Crippen molar-refractivity contribution >= 4 is 0 Å². The molecule has 3 rings (SSSR count). The lowest BCUT2D eigenvalue weighted by atomic mass is 9.97.